The van der Waals surface area contributed by atoms with Crippen LogP contribution in [0.4, 0.5) is 16.0 Å². The van der Waals surface area contributed by atoms with Gasteiger partial charge in [0.05, 0.1) is 6.07 Å². The molecule has 2 rings (SSSR count). The maximum absolute atomic E-state index is 12.9. The lowest BCUT2D eigenvalue weighted by Crippen LogP contribution is -2.20. The molecule has 1 aromatic carbocycles. The fraction of sp³-hybridized carbons (Fsp3) is 0.0667. The summed E-state index contributed by atoms with van der Waals surface area (Å²) >= 11 is 0. The summed E-state index contributed by atoms with van der Waals surface area (Å²) in [6.07, 6.45) is 2.12. The van der Waals surface area contributed by atoms with Crippen LogP contribution in [0.5, 0.6) is 0 Å². The SMILES string of the molecule is O=C(COC(=O)/C=C/c1ccc([N+](=O)[O-])o1)Nc1cccc(F)c1. The van der Waals surface area contributed by atoms with Gasteiger partial charge >= 0.3 is 11.9 Å². The smallest absolute Gasteiger partial charge is 0.433 e. The summed E-state index contributed by atoms with van der Waals surface area (Å²) in [4.78, 5) is 32.7. The predicted octanol–water partition coefficient (Wildman–Crippen LogP) is 2.52. The molecule has 9 heteroatoms. The number of rotatable bonds is 6. The van der Waals surface area contributed by atoms with Gasteiger partial charge in [-0.3, -0.25) is 14.9 Å². The summed E-state index contributed by atoms with van der Waals surface area (Å²) in [5, 5.41) is 12.8. The monoisotopic (exact) mass is 334 g/mol. The fourth-order valence-corrected chi connectivity index (χ4v) is 1.63. The van der Waals surface area contributed by atoms with Crippen molar-refractivity contribution < 1.29 is 28.1 Å². The Labute approximate surface area is 134 Å². The van der Waals surface area contributed by atoms with E-state index in [1.807, 2.05) is 0 Å². The van der Waals surface area contributed by atoms with Crippen LogP contribution < -0.4 is 5.32 Å². The van der Waals surface area contributed by atoms with Gasteiger partial charge in [0.2, 0.25) is 0 Å². The molecule has 0 radical (unpaired) electrons. The standard InChI is InChI=1S/C15H11FN2O6/c16-10-2-1-3-11(8-10)17-13(19)9-23-15(20)7-5-12-4-6-14(24-12)18(21)22/h1-8H,9H2,(H,17,19)/b7-5+. The molecule has 0 aliphatic rings. The zero-order valence-corrected chi connectivity index (χ0v) is 12.1. The van der Waals surface area contributed by atoms with Gasteiger partial charge in [-0.25, -0.2) is 9.18 Å². The molecule has 0 bridgehead atoms. The number of carbonyl (C=O) groups is 2. The van der Waals surface area contributed by atoms with Crippen molar-refractivity contribution in [2.24, 2.45) is 0 Å². The number of anilines is 1. The molecule has 0 saturated carbocycles. The maximum Gasteiger partial charge on any atom is 0.433 e. The highest BCUT2D eigenvalue weighted by Crippen LogP contribution is 2.16. The Morgan fingerprint density at radius 1 is 1.33 bits per heavy atom. The van der Waals surface area contributed by atoms with Gasteiger partial charge < -0.3 is 14.5 Å². The first-order valence-electron chi connectivity index (χ1n) is 6.58. The largest absolute Gasteiger partial charge is 0.452 e. The molecule has 24 heavy (non-hydrogen) atoms. The third kappa shape index (κ3) is 5.05. The number of nitrogens with one attached hydrogen (secondary N) is 1. The van der Waals surface area contributed by atoms with Gasteiger partial charge in [0, 0.05) is 11.8 Å². The summed E-state index contributed by atoms with van der Waals surface area (Å²) in [6, 6.07) is 7.67. The molecule has 0 saturated heterocycles. The van der Waals surface area contributed by atoms with E-state index in [1.165, 1.54) is 30.3 Å². The minimum atomic E-state index is -0.844. The highest BCUT2D eigenvalue weighted by Gasteiger charge is 2.10. The van der Waals surface area contributed by atoms with Crippen molar-refractivity contribution in [1.82, 2.24) is 0 Å². The van der Waals surface area contributed by atoms with Crippen LogP contribution >= 0.6 is 0 Å². The number of carbonyl (C=O) groups excluding carboxylic acids is 2. The Bertz CT molecular complexity index is 799. The first kappa shape index (κ1) is 16.9. The number of esters is 1. The maximum atomic E-state index is 12.9. The quantitative estimate of drug-likeness (QED) is 0.376. The van der Waals surface area contributed by atoms with Crippen LogP contribution in [-0.2, 0) is 14.3 Å². The van der Waals surface area contributed by atoms with Crippen molar-refractivity contribution in [3.8, 4) is 0 Å². The Morgan fingerprint density at radius 3 is 2.79 bits per heavy atom. The van der Waals surface area contributed by atoms with Gasteiger partial charge in [-0.15, -0.1) is 0 Å². The van der Waals surface area contributed by atoms with E-state index in [9.17, 15) is 24.1 Å². The van der Waals surface area contributed by atoms with Gasteiger partial charge in [-0.1, -0.05) is 6.07 Å². The number of hydrogen-bond donors (Lipinski definition) is 1. The Balaban J connectivity index is 1.80. The summed E-state index contributed by atoms with van der Waals surface area (Å²) in [5.74, 6) is -2.37. The number of nitrogens with zero attached hydrogens (tertiary/aromatic N) is 1. The van der Waals surface area contributed by atoms with E-state index in [0.717, 1.165) is 18.2 Å². The Morgan fingerprint density at radius 2 is 2.12 bits per heavy atom. The van der Waals surface area contributed by atoms with E-state index in [0.29, 0.717) is 0 Å². The number of ether oxygens (including phenoxy) is 1. The second kappa shape index (κ2) is 7.68. The molecule has 1 aromatic heterocycles. The van der Waals surface area contributed by atoms with Crippen LogP contribution in [0, 0.1) is 15.9 Å². The molecule has 1 N–H and O–H groups in total. The molecule has 0 aliphatic heterocycles. The number of furan rings is 1. The normalized spacial score (nSPS) is 10.5. The van der Waals surface area contributed by atoms with E-state index >= 15 is 0 Å². The zero-order chi connectivity index (χ0) is 17.5. The number of amides is 1. The van der Waals surface area contributed by atoms with E-state index in [1.54, 1.807) is 0 Å². The highest BCUT2D eigenvalue weighted by molar-refractivity contribution is 5.94. The zero-order valence-electron chi connectivity index (χ0n) is 12.1. The second-order valence-electron chi connectivity index (χ2n) is 4.43. The predicted molar refractivity (Wildman–Crippen MR) is 80.4 cm³/mol. The minimum absolute atomic E-state index is 0.0860. The fourth-order valence-electron chi connectivity index (χ4n) is 1.63. The van der Waals surface area contributed by atoms with Gasteiger partial charge in [-0.2, -0.15) is 0 Å². The van der Waals surface area contributed by atoms with Crippen molar-refractivity contribution in [1.29, 1.82) is 0 Å². The third-order valence-corrected chi connectivity index (χ3v) is 2.63. The van der Waals surface area contributed by atoms with Crippen molar-refractivity contribution in [3.63, 3.8) is 0 Å². The summed E-state index contributed by atoms with van der Waals surface area (Å²) < 4.78 is 22.4. The van der Waals surface area contributed by atoms with Gasteiger partial charge in [0.25, 0.3) is 5.91 Å². The first-order valence-corrected chi connectivity index (χ1v) is 6.58. The molecule has 8 nitrogen and oxygen atoms in total. The van der Waals surface area contributed by atoms with Crippen molar-refractivity contribution in [2.75, 3.05) is 11.9 Å². The summed E-state index contributed by atoms with van der Waals surface area (Å²) in [7, 11) is 0. The molecule has 124 valence electrons. The minimum Gasteiger partial charge on any atom is -0.452 e. The van der Waals surface area contributed by atoms with Gasteiger partial charge in [0.15, 0.2) is 6.61 Å². The molecule has 0 aliphatic carbocycles. The molecule has 0 unspecified atom stereocenters. The Kier molecular flexibility index (Phi) is 5.40. The lowest BCUT2D eigenvalue weighted by molar-refractivity contribution is -0.402. The molecule has 0 atom stereocenters. The molecule has 1 heterocycles. The summed E-state index contributed by atoms with van der Waals surface area (Å²) in [5.41, 5.74) is 0.231. The topological polar surface area (TPSA) is 112 Å². The average Bonchev–Trinajstić information content (AvgIpc) is 3.00. The van der Waals surface area contributed by atoms with Gasteiger partial charge in [-0.05, 0) is 30.3 Å². The van der Waals surface area contributed by atoms with Crippen LogP contribution in [0.25, 0.3) is 6.08 Å². The number of hydrogen-bond acceptors (Lipinski definition) is 6. The molecular formula is C15H11FN2O6. The lowest BCUT2D eigenvalue weighted by Gasteiger charge is -2.05. The summed E-state index contributed by atoms with van der Waals surface area (Å²) in [6.45, 7) is -0.571. The number of benzene rings is 1. The van der Waals surface area contributed by atoms with Gasteiger partial charge in [0.1, 0.15) is 16.5 Å². The second-order valence-corrected chi connectivity index (χ2v) is 4.43. The molecule has 1 amide bonds. The van der Waals surface area contributed by atoms with E-state index < -0.39 is 35.1 Å². The molecular weight excluding hydrogens is 323 g/mol. The van der Waals surface area contributed by atoms with Crippen LogP contribution in [0.15, 0.2) is 46.9 Å². The number of halogens is 1. The van der Waals surface area contributed by atoms with Crippen molar-refractivity contribution in [2.45, 2.75) is 0 Å². The Hall–Kier alpha value is -3.49. The highest BCUT2D eigenvalue weighted by atomic mass is 19.1. The van der Waals surface area contributed by atoms with Crippen molar-refractivity contribution >= 4 is 29.5 Å². The average molecular weight is 334 g/mol. The molecule has 0 fully saturated rings. The van der Waals surface area contributed by atoms with Crippen LogP contribution in [0.2, 0.25) is 0 Å². The first-order chi connectivity index (χ1) is 11.4. The van der Waals surface area contributed by atoms with Crippen molar-refractivity contribution in [3.05, 3.63) is 64.2 Å². The van der Waals surface area contributed by atoms with E-state index in [4.69, 9.17) is 4.42 Å². The van der Waals surface area contributed by atoms with Crippen LogP contribution in [0.3, 0.4) is 0 Å². The van der Waals surface area contributed by atoms with Crippen LogP contribution in [-0.4, -0.2) is 23.4 Å². The van der Waals surface area contributed by atoms with E-state index in [-0.39, 0.29) is 11.4 Å². The third-order valence-electron chi connectivity index (χ3n) is 2.63. The van der Waals surface area contributed by atoms with Crippen LogP contribution in [0.1, 0.15) is 5.76 Å². The van der Waals surface area contributed by atoms with E-state index in [2.05, 4.69) is 10.1 Å². The molecule has 2 aromatic rings. The molecule has 0 spiro atoms. The number of nitro groups is 1. The lowest BCUT2D eigenvalue weighted by atomic mass is 10.3.